The third-order valence-electron chi connectivity index (χ3n) is 4.00. The summed E-state index contributed by atoms with van der Waals surface area (Å²) in [6.07, 6.45) is 1.66. The fraction of sp³-hybridized carbons (Fsp3) is 0.238. The Morgan fingerprint density at radius 3 is 2.65 bits per heavy atom. The molecule has 0 saturated carbocycles. The lowest BCUT2D eigenvalue weighted by molar-refractivity contribution is 0.284. The van der Waals surface area contributed by atoms with Crippen molar-refractivity contribution in [1.82, 2.24) is 5.32 Å². The molecule has 0 aliphatic rings. The van der Waals surface area contributed by atoms with Gasteiger partial charge in [0.05, 0.1) is 19.9 Å². The quantitative estimate of drug-likeness (QED) is 0.597. The molecule has 0 amide bonds. The predicted molar refractivity (Wildman–Crippen MR) is 103 cm³/mol. The van der Waals surface area contributed by atoms with E-state index in [9.17, 15) is 0 Å². The normalized spacial score (nSPS) is 10.7. The van der Waals surface area contributed by atoms with Crippen LogP contribution in [-0.4, -0.2) is 7.11 Å². The molecular weight excluding hydrogens is 350 g/mol. The fourth-order valence-corrected chi connectivity index (χ4v) is 2.90. The number of benzene rings is 2. The average Bonchev–Trinajstić information content (AvgIpc) is 3.15. The molecule has 5 heteroatoms. The van der Waals surface area contributed by atoms with E-state index in [4.69, 9.17) is 25.5 Å². The Balaban J connectivity index is 1.66. The van der Waals surface area contributed by atoms with Crippen LogP contribution in [0.15, 0.2) is 59.2 Å². The molecule has 0 atom stereocenters. The molecular formula is C21H22ClNO3. The highest BCUT2D eigenvalue weighted by molar-refractivity contribution is 6.31. The van der Waals surface area contributed by atoms with Crippen LogP contribution < -0.4 is 14.8 Å². The third kappa shape index (κ3) is 4.81. The van der Waals surface area contributed by atoms with Gasteiger partial charge in [0.15, 0.2) is 11.5 Å². The maximum Gasteiger partial charge on any atom is 0.163 e. The van der Waals surface area contributed by atoms with Crippen LogP contribution in [-0.2, 0) is 19.7 Å². The molecule has 26 heavy (non-hydrogen) atoms. The van der Waals surface area contributed by atoms with Gasteiger partial charge in [-0.05, 0) is 36.2 Å². The summed E-state index contributed by atoms with van der Waals surface area (Å²) in [5.74, 6) is 2.18. The second kappa shape index (κ2) is 8.79. The Hall–Kier alpha value is -2.43. The van der Waals surface area contributed by atoms with E-state index in [0.717, 1.165) is 16.9 Å². The number of rotatable bonds is 8. The molecule has 3 aromatic rings. The molecule has 0 spiro atoms. The molecule has 0 aliphatic heterocycles. The van der Waals surface area contributed by atoms with E-state index in [1.807, 2.05) is 30.3 Å². The minimum atomic E-state index is 0.463. The number of ether oxygens (including phenoxy) is 2. The largest absolute Gasteiger partial charge is 0.493 e. The standard InChI is InChI=1S/C21H22ClNO3/c1-15-5-3-6-16(9-15)14-26-21-11-19(22)17(10-20(21)24-2)12-23-13-18-7-4-8-25-18/h3-11,23H,12-14H2,1-2H3. The minimum Gasteiger partial charge on any atom is -0.493 e. The van der Waals surface area contributed by atoms with Gasteiger partial charge >= 0.3 is 0 Å². The van der Waals surface area contributed by atoms with Gasteiger partial charge in [-0.3, -0.25) is 0 Å². The molecule has 1 aromatic heterocycles. The maximum absolute atomic E-state index is 6.43. The zero-order valence-electron chi connectivity index (χ0n) is 14.9. The topological polar surface area (TPSA) is 43.6 Å². The highest BCUT2D eigenvalue weighted by atomic mass is 35.5. The summed E-state index contributed by atoms with van der Waals surface area (Å²) in [4.78, 5) is 0. The summed E-state index contributed by atoms with van der Waals surface area (Å²) in [6, 6.07) is 15.7. The fourth-order valence-electron chi connectivity index (χ4n) is 2.68. The van der Waals surface area contributed by atoms with Gasteiger partial charge in [0, 0.05) is 17.6 Å². The monoisotopic (exact) mass is 371 g/mol. The van der Waals surface area contributed by atoms with Crippen LogP contribution in [0.2, 0.25) is 5.02 Å². The highest BCUT2D eigenvalue weighted by Crippen LogP contribution is 2.34. The van der Waals surface area contributed by atoms with Crippen LogP contribution in [0.3, 0.4) is 0 Å². The summed E-state index contributed by atoms with van der Waals surface area (Å²) >= 11 is 6.43. The van der Waals surface area contributed by atoms with E-state index in [1.54, 1.807) is 19.4 Å². The van der Waals surface area contributed by atoms with Crippen molar-refractivity contribution >= 4 is 11.6 Å². The molecule has 136 valence electrons. The molecule has 4 nitrogen and oxygen atoms in total. The van der Waals surface area contributed by atoms with Gasteiger partial charge in [0.1, 0.15) is 12.4 Å². The molecule has 0 bridgehead atoms. The Kier molecular flexibility index (Phi) is 6.21. The molecule has 1 heterocycles. The zero-order chi connectivity index (χ0) is 18.4. The van der Waals surface area contributed by atoms with E-state index in [2.05, 4.69) is 24.4 Å². The smallest absolute Gasteiger partial charge is 0.163 e. The van der Waals surface area contributed by atoms with Crippen molar-refractivity contribution in [2.75, 3.05) is 7.11 Å². The average molecular weight is 372 g/mol. The van der Waals surface area contributed by atoms with Crippen molar-refractivity contribution < 1.29 is 13.9 Å². The van der Waals surface area contributed by atoms with Crippen molar-refractivity contribution in [2.24, 2.45) is 0 Å². The van der Waals surface area contributed by atoms with E-state index in [0.29, 0.717) is 36.2 Å². The Morgan fingerprint density at radius 2 is 1.92 bits per heavy atom. The van der Waals surface area contributed by atoms with E-state index in [1.165, 1.54) is 5.56 Å². The second-order valence-electron chi connectivity index (χ2n) is 6.06. The summed E-state index contributed by atoms with van der Waals surface area (Å²) in [7, 11) is 1.63. The number of methoxy groups -OCH3 is 1. The van der Waals surface area contributed by atoms with Crippen LogP contribution in [0, 0.1) is 6.92 Å². The van der Waals surface area contributed by atoms with Crippen LogP contribution in [0.1, 0.15) is 22.5 Å². The molecule has 0 fully saturated rings. The SMILES string of the molecule is COc1cc(CNCc2ccco2)c(Cl)cc1OCc1cccc(C)c1. The molecule has 1 N–H and O–H groups in total. The van der Waals surface area contributed by atoms with Crippen molar-refractivity contribution in [1.29, 1.82) is 0 Å². The summed E-state index contributed by atoms with van der Waals surface area (Å²) in [6.45, 7) is 3.77. The first-order valence-electron chi connectivity index (χ1n) is 8.43. The summed E-state index contributed by atoms with van der Waals surface area (Å²) < 4.78 is 16.7. The zero-order valence-corrected chi connectivity index (χ0v) is 15.7. The van der Waals surface area contributed by atoms with Gasteiger partial charge in [-0.15, -0.1) is 0 Å². The number of hydrogen-bond donors (Lipinski definition) is 1. The van der Waals surface area contributed by atoms with E-state index < -0.39 is 0 Å². The van der Waals surface area contributed by atoms with E-state index in [-0.39, 0.29) is 0 Å². The van der Waals surface area contributed by atoms with Crippen molar-refractivity contribution in [3.8, 4) is 11.5 Å². The van der Waals surface area contributed by atoms with Crippen LogP contribution in [0.25, 0.3) is 0 Å². The van der Waals surface area contributed by atoms with Crippen LogP contribution in [0.5, 0.6) is 11.5 Å². The number of furan rings is 1. The highest BCUT2D eigenvalue weighted by Gasteiger charge is 2.11. The van der Waals surface area contributed by atoms with E-state index >= 15 is 0 Å². The van der Waals surface area contributed by atoms with Crippen molar-refractivity contribution in [2.45, 2.75) is 26.6 Å². The molecule has 0 unspecified atom stereocenters. The van der Waals surface area contributed by atoms with Gasteiger partial charge in [-0.2, -0.15) is 0 Å². The van der Waals surface area contributed by atoms with Crippen molar-refractivity contribution in [3.05, 3.63) is 82.3 Å². The van der Waals surface area contributed by atoms with Gasteiger partial charge < -0.3 is 19.2 Å². The van der Waals surface area contributed by atoms with Gasteiger partial charge in [-0.1, -0.05) is 41.4 Å². The lowest BCUT2D eigenvalue weighted by atomic mass is 10.1. The Morgan fingerprint density at radius 1 is 1.04 bits per heavy atom. The van der Waals surface area contributed by atoms with Crippen LogP contribution in [0.4, 0.5) is 0 Å². The number of aryl methyl sites for hydroxylation is 1. The Labute approximate surface area is 158 Å². The van der Waals surface area contributed by atoms with Crippen LogP contribution >= 0.6 is 11.6 Å². The molecule has 0 radical (unpaired) electrons. The molecule has 2 aromatic carbocycles. The number of halogens is 1. The summed E-state index contributed by atoms with van der Waals surface area (Å²) in [5, 5.41) is 3.94. The lowest BCUT2D eigenvalue weighted by Gasteiger charge is -2.14. The Bertz CT molecular complexity index is 846. The predicted octanol–water partition coefficient (Wildman–Crippen LogP) is 5.12. The van der Waals surface area contributed by atoms with Gasteiger partial charge in [0.25, 0.3) is 0 Å². The first kappa shape index (κ1) is 18.4. The number of nitrogens with one attached hydrogen (secondary N) is 1. The maximum atomic E-state index is 6.43. The lowest BCUT2D eigenvalue weighted by Crippen LogP contribution is -2.12. The molecule has 3 rings (SSSR count). The van der Waals surface area contributed by atoms with Crippen molar-refractivity contribution in [3.63, 3.8) is 0 Å². The molecule has 0 saturated heterocycles. The van der Waals surface area contributed by atoms with Gasteiger partial charge in [-0.25, -0.2) is 0 Å². The first-order valence-corrected chi connectivity index (χ1v) is 8.81. The number of hydrogen-bond acceptors (Lipinski definition) is 4. The van der Waals surface area contributed by atoms with Gasteiger partial charge in [0.2, 0.25) is 0 Å². The third-order valence-corrected chi connectivity index (χ3v) is 4.36. The first-order chi connectivity index (χ1) is 12.7. The molecule has 0 aliphatic carbocycles. The summed E-state index contributed by atoms with van der Waals surface area (Å²) in [5.41, 5.74) is 3.25. The second-order valence-corrected chi connectivity index (χ2v) is 6.46. The minimum absolute atomic E-state index is 0.463.